The number of rotatable bonds is 37. The van der Waals surface area contributed by atoms with E-state index < -0.39 is 151 Å². The van der Waals surface area contributed by atoms with E-state index in [1.165, 1.54) is 13.8 Å². The number of hydrogen-bond donors (Lipinski definition) is 16. The fraction of sp³-hybridized carbons (Fsp3) is 0.633. The van der Waals surface area contributed by atoms with E-state index in [1.807, 2.05) is 0 Å². The van der Waals surface area contributed by atoms with Crippen LogP contribution >= 0.6 is 0 Å². The maximum absolute atomic E-state index is 14.2. The molecular formula is C49H81N13O15. The zero-order valence-electron chi connectivity index (χ0n) is 44.5. The maximum atomic E-state index is 14.2. The Labute approximate surface area is 447 Å². The quantitative estimate of drug-likeness (QED) is 0.0174. The van der Waals surface area contributed by atoms with Crippen LogP contribution in [-0.4, -0.2) is 166 Å². The summed E-state index contributed by atoms with van der Waals surface area (Å²) < 4.78 is 0. The maximum Gasteiger partial charge on any atom is 0.328 e. The van der Waals surface area contributed by atoms with Gasteiger partial charge in [-0.15, -0.1) is 0 Å². The van der Waals surface area contributed by atoms with Crippen molar-refractivity contribution in [3.8, 4) is 0 Å². The number of benzene rings is 1. The van der Waals surface area contributed by atoms with Crippen LogP contribution in [0.1, 0.15) is 105 Å². The number of hydrogen-bond acceptors (Lipinski definition) is 15. The van der Waals surface area contributed by atoms with Crippen LogP contribution in [0.25, 0.3) is 0 Å². The number of carboxylic acids is 3. The predicted molar refractivity (Wildman–Crippen MR) is 279 cm³/mol. The summed E-state index contributed by atoms with van der Waals surface area (Å²) in [6, 6.07) is -5.18. The lowest BCUT2D eigenvalue weighted by Gasteiger charge is -2.29. The van der Waals surface area contributed by atoms with E-state index in [2.05, 4.69) is 47.5 Å². The molecule has 0 saturated carbocycles. The Morgan fingerprint density at radius 3 is 1.48 bits per heavy atom. The summed E-state index contributed by atoms with van der Waals surface area (Å²) in [5, 5.41) is 57.9. The number of carbonyl (C=O) groups is 11. The molecule has 0 aromatic heterocycles. The molecule has 0 aliphatic rings. The molecule has 0 spiro atoms. The van der Waals surface area contributed by atoms with Gasteiger partial charge in [0.1, 0.15) is 48.3 Å². The van der Waals surface area contributed by atoms with Gasteiger partial charge in [0.25, 0.3) is 0 Å². The van der Waals surface area contributed by atoms with Crippen molar-refractivity contribution in [3.05, 3.63) is 35.9 Å². The van der Waals surface area contributed by atoms with Gasteiger partial charge in [-0.25, -0.2) is 4.79 Å². The van der Waals surface area contributed by atoms with E-state index in [0.717, 1.165) is 0 Å². The lowest BCUT2D eigenvalue weighted by molar-refractivity contribution is -0.143. The molecule has 77 heavy (non-hydrogen) atoms. The van der Waals surface area contributed by atoms with E-state index in [9.17, 15) is 73.2 Å². The van der Waals surface area contributed by atoms with E-state index in [-0.39, 0.29) is 69.4 Å². The van der Waals surface area contributed by atoms with Gasteiger partial charge in [0.15, 0.2) is 5.96 Å². The van der Waals surface area contributed by atoms with E-state index >= 15 is 0 Å². The van der Waals surface area contributed by atoms with Crippen LogP contribution in [0.2, 0.25) is 0 Å². The number of unbranched alkanes of at least 4 members (excludes halogenated alkanes) is 1. The second-order valence-electron chi connectivity index (χ2n) is 19.5. The molecule has 0 radical (unpaired) electrons. The van der Waals surface area contributed by atoms with Gasteiger partial charge in [-0.2, -0.15) is 0 Å². The first kappa shape index (κ1) is 67.6. The molecule has 28 heteroatoms. The molecule has 1 rings (SSSR count). The molecule has 0 saturated heterocycles. The zero-order chi connectivity index (χ0) is 58.5. The summed E-state index contributed by atoms with van der Waals surface area (Å²) >= 11 is 0. The Hall–Kier alpha value is -7.46. The number of aliphatic hydroxyl groups excluding tert-OH is 1. The summed E-state index contributed by atoms with van der Waals surface area (Å²) in [4.78, 5) is 150. The van der Waals surface area contributed by atoms with Crippen LogP contribution in [-0.2, 0) is 59.2 Å². The van der Waals surface area contributed by atoms with Gasteiger partial charge in [0.2, 0.25) is 47.3 Å². The van der Waals surface area contributed by atoms with Crippen LogP contribution in [0.3, 0.4) is 0 Å². The number of guanidine groups is 1. The normalized spacial score (nSPS) is 14.6. The molecule has 0 fully saturated rings. The zero-order valence-corrected chi connectivity index (χ0v) is 44.5. The van der Waals surface area contributed by atoms with E-state index in [1.54, 1.807) is 58.0 Å². The minimum Gasteiger partial charge on any atom is -0.481 e. The smallest absolute Gasteiger partial charge is 0.328 e. The highest BCUT2D eigenvalue weighted by molar-refractivity contribution is 5.99. The molecule has 432 valence electrons. The fourth-order valence-corrected chi connectivity index (χ4v) is 7.38. The average Bonchev–Trinajstić information content (AvgIpc) is 3.34. The standard InChI is InChI=1S/C49H81N13O15/c1-25(2)21-32(58-42(70)31(17-18-36(64)65)56-40(68)30(16-12-20-54-49(52)53)57-46(74)38(51)26(3)4)43(71)55-29(15-10-11-19-50)41(69)60-34(23-37(66)67)44(72)59-33(22-28-13-8-7-9-14-28)45(73)62-39(27(5)6)47(75)61-35(24-63)48(76)77/h7-9,13-14,25-27,29-35,38-39,63H,10-12,15-24,50-51H2,1-6H3,(H,55,71)(H,56,68)(H,57,74)(H,58,70)(H,59,72)(H,60,69)(H,61,75)(H,62,73)(H,64,65)(H,66,67)(H,76,77)(H4,52,53,54)/t29-,30-,31-,32-,33-,34-,35-,38-,39-/m0/s1. The fourth-order valence-electron chi connectivity index (χ4n) is 7.38. The van der Waals surface area contributed by atoms with E-state index in [4.69, 9.17) is 22.9 Å². The molecule has 0 heterocycles. The highest BCUT2D eigenvalue weighted by Gasteiger charge is 2.36. The third-order valence-corrected chi connectivity index (χ3v) is 11.8. The van der Waals surface area contributed by atoms with Gasteiger partial charge >= 0.3 is 17.9 Å². The van der Waals surface area contributed by atoms with Crippen LogP contribution in [0.5, 0.6) is 0 Å². The number of aliphatic carboxylic acids is 3. The van der Waals surface area contributed by atoms with E-state index in [0.29, 0.717) is 12.0 Å². The van der Waals surface area contributed by atoms with Crippen LogP contribution in [0.4, 0.5) is 0 Å². The monoisotopic (exact) mass is 1090 g/mol. The summed E-state index contributed by atoms with van der Waals surface area (Å²) in [6.45, 7) is 9.14. The van der Waals surface area contributed by atoms with Gasteiger partial charge in [-0.3, -0.25) is 52.9 Å². The lowest BCUT2D eigenvalue weighted by atomic mass is 10.00. The first-order valence-corrected chi connectivity index (χ1v) is 25.4. The largest absolute Gasteiger partial charge is 0.481 e. The Morgan fingerprint density at radius 1 is 0.532 bits per heavy atom. The molecule has 8 amide bonds. The first-order chi connectivity index (χ1) is 36.1. The number of aliphatic imine (C=N–C) groups is 1. The lowest BCUT2D eigenvalue weighted by Crippen LogP contribution is -2.61. The van der Waals surface area contributed by atoms with Crippen molar-refractivity contribution in [3.63, 3.8) is 0 Å². The van der Waals surface area contributed by atoms with Crippen LogP contribution in [0, 0.1) is 17.8 Å². The van der Waals surface area contributed by atoms with Crippen molar-refractivity contribution in [2.45, 2.75) is 160 Å². The predicted octanol–water partition coefficient (Wildman–Crippen LogP) is -3.61. The number of aliphatic hydroxyl groups is 1. The number of nitrogens with zero attached hydrogens (tertiary/aromatic N) is 1. The molecule has 28 nitrogen and oxygen atoms in total. The van der Waals surface area contributed by atoms with Gasteiger partial charge in [-0.05, 0) is 74.8 Å². The summed E-state index contributed by atoms with van der Waals surface area (Å²) in [6.07, 6.45) is -1.84. The van der Waals surface area contributed by atoms with Crippen molar-refractivity contribution in [2.75, 3.05) is 19.7 Å². The highest BCUT2D eigenvalue weighted by atomic mass is 16.4. The number of carboxylic acid groups (broad SMARTS) is 3. The molecule has 0 unspecified atom stereocenters. The summed E-state index contributed by atoms with van der Waals surface area (Å²) in [5.74, 6) is -13.6. The van der Waals surface area contributed by atoms with Gasteiger partial charge in [-0.1, -0.05) is 71.9 Å². The van der Waals surface area contributed by atoms with Crippen molar-refractivity contribution in [2.24, 2.45) is 45.7 Å². The third kappa shape index (κ3) is 26.2. The van der Waals surface area contributed by atoms with Crippen LogP contribution in [0.15, 0.2) is 35.3 Å². The third-order valence-electron chi connectivity index (χ3n) is 11.8. The second-order valence-corrected chi connectivity index (χ2v) is 19.5. The Balaban J connectivity index is 3.60. The molecule has 0 aliphatic carbocycles. The SMILES string of the molecule is CC(C)C[C@H](NC(=O)[C@H](CCC(=O)O)NC(=O)[C@H](CCCN=C(N)N)NC(=O)[C@@H](N)C(C)C)C(=O)N[C@@H](CCCCN)C(=O)N[C@@H](CC(=O)O)C(=O)N[C@@H](Cc1ccccc1)C(=O)N[C@H](C(=O)N[C@@H](CO)C(=O)O)C(C)C. The number of carbonyl (C=O) groups excluding carboxylic acids is 8. The number of amides is 8. The Kier molecular flexibility index (Phi) is 30.7. The first-order valence-electron chi connectivity index (χ1n) is 25.4. The van der Waals surface area contributed by atoms with Gasteiger partial charge in [0.05, 0.1) is 19.1 Å². The summed E-state index contributed by atoms with van der Waals surface area (Å²) in [7, 11) is 0. The minimum atomic E-state index is -1.89. The Morgan fingerprint density at radius 2 is 1.00 bits per heavy atom. The number of nitrogens with one attached hydrogen (secondary N) is 8. The molecule has 0 bridgehead atoms. The molecule has 9 atom stereocenters. The molecule has 20 N–H and O–H groups in total. The second kappa shape index (κ2) is 35.0. The van der Waals surface area contributed by atoms with Crippen molar-refractivity contribution < 1.29 is 73.2 Å². The molecular weight excluding hydrogens is 1010 g/mol. The minimum absolute atomic E-state index is 0.0412. The number of nitrogens with two attached hydrogens (primary N) is 4. The average molecular weight is 1090 g/mol. The van der Waals surface area contributed by atoms with Crippen molar-refractivity contribution in [1.29, 1.82) is 0 Å². The van der Waals surface area contributed by atoms with Gasteiger partial charge < -0.3 is 85.9 Å². The van der Waals surface area contributed by atoms with Crippen LogP contribution < -0.4 is 65.5 Å². The van der Waals surface area contributed by atoms with Crippen molar-refractivity contribution in [1.82, 2.24) is 42.5 Å². The molecule has 1 aromatic rings. The molecule has 1 aromatic carbocycles. The van der Waals surface area contributed by atoms with Crippen molar-refractivity contribution >= 4 is 71.1 Å². The molecule has 0 aliphatic heterocycles. The Bertz CT molecular complexity index is 2180. The topological polar surface area (TPSA) is 481 Å². The van der Waals surface area contributed by atoms with Gasteiger partial charge in [0, 0.05) is 19.4 Å². The highest BCUT2D eigenvalue weighted by Crippen LogP contribution is 2.13. The summed E-state index contributed by atoms with van der Waals surface area (Å²) in [5.41, 5.74) is 23.1.